The molecular weight excluding hydrogens is 244 g/mol. The number of hydrogen-bond acceptors (Lipinski definition) is 3. The highest BCUT2D eigenvalue weighted by molar-refractivity contribution is 9.10. The fourth-order valence-electron chi connectivity index (χ4n) is 1.18. The molecule has 0 aromatic heterocycles. The molecule has 0 aliphatic rings. The van der Waals surface area contributed by atoms with Crippen LogP contribution >= 0.6 is 15.9 Å². The van der Waals surface area contributed by atoms with Crippen LogP contribution in [0.15, 0.2) is 22.7 Å². The largest absolute Gasteiger partial charge is 0.399 e. The minimum Gasteiger partial charge on any atom is -0.399 e. The number of rotatable bonds is 5. The predicted octanol–water partition coefficient (Wildman–Crippen LogP) is 1.77. The molecule has 0 aliphatic carbocycles. The summed E-state index contributed by atoms with van der Waals surface area (Å²) in [4.78, 5) is 0. The molecule has 0 amide bonds. The average Bonchev–Trinajstić information content (AvgIpc) is 2.11. The van der Waals surface area contributed by atoms with Crippen molar-refractivity contribution in [2.24, 2.45) is 0 Å². The van der Waals surface area contributed by atoms with E-state index in [0.29, 0.717) is 0 Å². The normalized spacial score (nSPS) is 10.4. The smallest absolute Gasteiger partial charge is 0.0587 e. The summed E-state index contributed by atoms with van der Waals surface area (Å²) in [5.41, 5.74) is 7.66. The number of ether oxygens (including phenoxy) is 1. The third kappa shape index (κ3) is 4.09. The lowest BCUT2D eigenvalue weighted by Gasteiger charge is -2.05. The first-order valence-corrected chi connectivity index (χ1v) is 5.26. The van der Waals surface area contributed by atoms with Gasteiger partial charge in [0.25, 0.3) is 0 Å². The van der Waals surface area contributed by atoms with Crippen LogP contribution in [0.2, 0.25) is 0 Å². The van der Waals surface area contributed by atoms with Crippen LogP contribution in [0.1, 0.15) is 5.56 Å². The number of anilines is 1. The van der Waals surface area contributed by atoms with Crippen molar-refractivity contribution < 1.29 is 4.74 Å². The molecule has 0 fully saturated rings. The SMILES string of the molecule is COCCNCc1cc(N)cc(Br)c1. The third-order valence-corrected chi connectivity index (χ3v) is 2.25. The summed E-state index contributed by atoms with van der Waals surface area (Å²) in [6.07, 6.45) is 0. The van der Waals surface area contributed by atoms with Crippen molar-refractivity contribution >= 4 is 21.6 Å². The standard InChI is InChI=1S/C10H15BrN2O/c1-14-3-2-13-7-8-4-9(11)6-10(12)5-8/h4-6,13H,2-3,7,12H2,1H3. The molecule has 1 aromatic carbocycles. The zero-order chi connectivity index (χ0) is 10.4. The summed E-state index contributed by atoms with van der Waals surface area (Å²) < 4.78 is 5.95. The van der Waals surface area contributed by atoms with Crippen molar-refractivity contribution in [3.63, 3.8) is 0 Å². The predicted molar refractivity (Wildman–Crippen MR) is 62.1 cm³/mol. The summed E-state index contributed by atoms with van der Waals surface area (Å²) in [5, 5.41) is 3.26. The zero-order valence-corrected chi connectivity index (χ0v) is 9.80. The lowest BCUT2D eigenvalue weighted by atomic mass is 10.2. The van der Waals surface area contributed by atoms with Gasteiger partial charge in [0, 0.05) is 30.4 Å². The molecule has 3 nitrogen and oxygen atoms in total. The molecule has 0 spiro atoms. The van der Waals surface area contributed by atoms with E-state index >= 15 is 0 Å². The van der Waals surface area contributed by atoms with Gasteiger partial charge >= 0.3 is 0 Å². The van der Waals surface area contributed by atoms with Gasteiger partial charge in [-0.3, -0.25) is 0 Å². The van der Waals surface area contributed by atoms with Gasteiger partial charge in [-0.1, -0.05) is 15.9 Å². The highest BCUT2D eigenvalue weighted by Crippen LogP contribution is 2.16. The highest BCUT2D eigenvalue weighted by atomic mass is 79.9. The Morgan fingerprint density at radius 3 is 2.86 bits per heavy atom. The van der Waals surface area contributed by atoms with Crippen LogP contribution in [0.3, 0.4) is 0 Å². The van der Waals surface area contributed by atoms with Crippen molar-refractivity contribution in [3.05, 3.63) is 28.2 Å². The van der Waals surface area contributed by atoms with E-state index in [2.05, 4.69) is 27.3 Å². The van der Waals surface area contributed by atoms with Gasteiger partial charge in [0.05, 0.1) is 6.61 Å². The topological polar surface area (TPSA) is 47.3 Å². The van der Waals surface area contributed by atoms with Gasteiger partial charge in [-0.2, -0.15) is 0 Å². The number of benzene rings is 1. The molecule has 0 heterocycles. The maximum atomic E-state index is 5.71. The molecule has 0 atom stereocenters. The first-order valence-electron chi connectivity index (χ1n) is 4.47. The van der Waals surface area contributed by atoms with Crippen LogP contribution in [-0.2, 0) is 11.3 Å². The Hall–Kier alpha value is -0.580. The summed E-state index contributed by atoms with van der Waals surface area (Å²) in [7, 11) is 1.69. The number of methoxy groups -OCH3 is 1. The first-order chi connectivity index (χ1) is 6.72. The van der Waals surface area contributed by atoms with Gasteiger partial charge in [-0.25, -0.2) is 0 Å². The van der Waals surface area contributed by atoms with E-state index in [9.17, 15) is 0 Å². The van der Waals surface area contributed by atoms with E-state index in [0.717, 1.165) is 29.9 Å². The molecule has 0 radical (unpaired) electrons. The molecule has 78 valence electrons. The molecule has 0 saturated carbocycles. The van der Waals surface area contributed by atoms with Crippen LogP contribution in [0.4, 0.5) is 5.69 Å². The second-order valence-electron chi connectivity index (χ2n) is 3.06. The molecule has 1 aromatic rings. The molecule has 1 rings (SSSR count). The second kappa shape index (κ2) is 6.01. The Labute approximate surface area is 92.8 Å². The van der Waals surface area contributed by atoms with Crippen LogP contribution in [0.5, 0.6) is 0 Å². The van der Waals surface area contributed by atoms with E-state index in [-0.39, 0.29) is 0 Å². The van der Waals surface area contributed by atoms with E-state index in [1.807, 2.05) is 12.1 Å². The second-order valence-corrected chi connectivity index (χ2v) is 3.98. The van der Waals surface area contributed by atoms with Crippen LogP contribution < -0.4 is 11.1 Å². The van der Waals surface area contributed by atoms with Gasteiger partial charge in [-0.15, -0.1) is 0 Å². The number of nitrogens with two attached hydrogens (primary N) is 1. The van der Waals surface area contributed by atoms with Crippen LogP contribution in [0, 0.1) is 0 Å². The van der Waals surface area contributed by atoms with Crippen molar-refractivity contribution in [1.29, 1.82) is 0 Å². The van der Waals surface area contributed by atoms with Crippen molar-refractivity contribution in [2.45, 2.75) is 6.54 Å². The lowest BCUT2D eigenvalue weighted by molar-refractivity contribution is 0.199. The van der Waals surface area contributed by atoms with Crippen LogP contribution in [-0.4, -0.2) is 20.3 Å². The fourth-order valence-corrected chi connectivity index (χ4v) is 1.74. The quantitative estimate of drug-likeness (QED) is 0.625. The van der Waals surface area contributed by atoms with Crippen molar-refractivity contribution in [1.82, 2.24) is 5.32 Å². The van der Waals surface area contributed by atoms with Gasteiger partial charge in [0.1, 0.15) is 0 Å². The number of nitrogen functional groups attached to an aromatic ring is 1. The lowest BCUT2D eigenvalue weighted by Crippen LogP contribution is -2.18. The van der Waals surface area contributed by atoms with E-state index in [4.69, 9.17) is 10.5 Å². The van der Waals surface area contributed by atoms with Crippen molar-refractivity contribution in [3.8, 4) is 0 Å². The van der Waals surface area contributed by atoms with Crippen molar-refractivity contribution in [2.75, 3.05) is 26.0 Å². The molecule has 0 unspecified atom stereocenters. The molecule has 14 heavy (non-hydrogen) atoms. The number of halogens is 1. The Morgan fingerprint density at radius 2 is 2.21 bits per heavy atom. The Morgan fingerprint density at radius 1 is 1.43 bits per heavy atom. The molecule has 3 N–H and O–H groups in total. The molecule has 4 heteroatoms. The van der Waals surface area contributed by atoms with E-state index < -0.39 is 0 Å². The Kier molecular flexibility index (Phi) is 4.93. The van der Waals surface area contributed by atoms with Gasteiger partial charge < -0.3 is 15.8 Å². The van der Waals surface area contributed by atoms with E-state index in [1.165, 1.54) is 5.56 Å². The van der Waals surface area contributed by atoms with Gasteiger partial charge in [-0.05, 0) is 23.8 Å². The maximum absolute atomic E-state index is 5.71. The van der Waals surface area contributed by atoms with Gasteiger partial charge in [0.2, 0.25) is 0 Å². The maximum Gasteiger partial charge on any atom is 0.0587 e. The molecule has 0 bridgehead atoms. The average molecular weight is 259 g/mol. The molecule has 0 aliphatic heterocycles. The minimum absolute atomic E-state index is 0.726. The first kappa shape index (κ1) is 11.5. The number of nitrogens with one attached hydrogen (secondary N) is 1. The summed E-state index contributed by atoms with van der Waals surface area (Å²) >= 11 is 3.40. The molecular formula is C10H15BrN2O. The van der Waals surface area contributed by atoms with Gasteiger partial charge in [0.15, 0.2) is 0 Å². The van der Waals surface area contributed by atoms with E-state index in [1.54, 1.807) is 7.11 Å². The molecule has 0 saturated heterocycles. The summed E-state index contributed by atoms with van der Waals surface area (Å²) in [6, 6.07) is 5.90. The summed E-state index contributed by atoms with van der Waals surface area (Å²) in [6.45, 7) is 2.39. The summed E-state index contributed by atoms with van der Waals surface area (Å²) in [5.74, 6) is 0. The van der Waals surface area contributed by atoms with Crippen LogP contribution in [0.25, 0.3) is 0 Å². The Balaban J connectivity index is 2.42. The highest BCUT2D eigenvalue weighted by Gasteiger charge is 1.96. The Bertz CT molecular complexity index is 271. The fraction of sp³-hybridized carbons (Fsp3) is 0.400. The monoisotopic (exact) mass is 258 g/mol. The zero-order valence-electron chi connectivity index (χ0n) is 8.22. The minimum atomic E-state index is 0.726. The third-order valence-electron chi connectivity index (χ3n) is 1.79. The number of hydrogen-bond donors (Lipinski definition) is 2.